The Labute approximate surface area is 150 Å². The molecule has 0 radical (unpaired) electrons. The van der Waals surface area contributed by atoms with Crippen LogP contribution < -0.4 is 5.32 Å². The molecule has 0 bridgehead atoms. The highest BCUT2D eigenvalue weighted by atomic mass is 16.2. The van der Waals surface area contributed by atoms with Crippen LogP contribution in [0.15, 0.2) is 24.3 Å². The minimum atomic E-state index is -0.164. The van der Waals surface area contributed by atoms with Crippen LogP contribution in [0.1, 0.15) is 56.1 Å². The van der Waals surface area contributed by atoms with E-state index in [-0.39, 0.29) is 23.3 Å². The second kappa shape index (κ2) is 6.47. The van der Waals surface area contributed by atoms with Crippen molar-refractivity contribution in [2.75, 3.05) is 6.54 Å². The second-order valence-electron chi connectivity index (χ2n) is 8.32. The van der Waals surface area contributed by atoms with Crippen molar-refractivity contribution < 1.29 is 9.59 Å². The monoisotopic (exact) mass is 340 g/mol. The average Bonchev–Trinajstić information content (AvgIpc) is 2.99. The maximum Gasteiger partial charge on any atom is 0.225 e. The van der Waals surface area contributed by atoms with Crippen LogP contribution in [0.5, 0.6) is 0 Å². The topological polar surface area (TPSA) is 49.4 Å². The Morgan fingerprint density at radius 3 is 2.72 bits per heavy atom. The normalized spacial score (nSPS) is 25.4. The number of hydrogen-bond acceptors (Lipinski definition) is 2. The number of rotatable bonds is 5. The van der Waals surface area contributed by atoms with Gasteiger partial charge in [-0.15, -0.1) is 0 Å². The highest BCUT2D eigenvalue weighted by Crippen LogP contribution is 2.39. The van der Waals surface area contributed by atoms with Gasteiger partial charge in [0.15, 0.2) is 0 Å². The Hall–Kier alpha value is -1.84. The molecule has 25 heavy (non-hydrogen) atoms. The molecule has 2 amide bonds. The van der Waals surface area contributed by atoms with Crippen LogP contribution in [-0.4, -0.2) is 34.8 Å². The third-order valence-corrected chi connectivity index (χ3v) is 6.16. The molecule has 1 heterocycles. The summed E-state index contributed by atoms with van der Waals surface area (Å²) in [5.41, 5.74) is 2.47. The van der Waals surface area contributed by atoms with E-state index in [4.69, 9.17) is 0 Å². The number of hydrogen-bond donors (Lipinski definition) is 1. The Balaban J connectivity index is 1.36. The molecule has 4 nitrogen and oxygen atoms in total. The maximum atomic E-state index is 12.8. The molecule has 1 N–H and O–H groups in total. The molecule has 2 aliphatic carbocycles. The van der Waals surface area contributed by atoms with Crippen LogP contribution in [0.3, 0.4) is 0 Å². The molecule has 3 aliphatic rings. The Bertz CT molecular complexity index is 674. The zero-order chi connectivity index (χ0) is 17.4. The van der Waals surface area contributed by atoms with Crippen molar-refractivity contribution >= 4 is 11.8 Å². The molecule has 1 aromatic rings. The van der Waals surface area contributed by atoms with Gasteiger partial charge >= 0.3 is 0 Å². The Morgan fingerprint density at radius 2 is 2.04 bits per heavy atom. The van der Waals surface area contributed by atoms with E-state index in [0.29, 0.717) is 19.0 Å². The van der Waals surface area contributed by atoms with Gasteiger partial charge in [0.1, 0.15) is 0 Å². The standard InChI is InChI=1S/C21H28N2O2/c1-15-5-4-6-16(11-15)13-21(9-10-21)22-20(25)17-12-19(24)23(14-17)18-7-2-3-8-18/h4-6,11,17-18H,2-3,7-10,12-14H2,1H3,(H,22,25). The lowest BCUT2D eigenvalue weighted by Gasteiger charge is -2.24. The largest absolute Gasteiger partial charge is 0.350 e. The molecule has 0 spiro atoms. The zero-order valence-corrected chi connectivity index (χ0v) is 15.1. The lowest BCUT2D eigenvalue weighted by atomic mass is 10.0. The van der Waals surface area contributed by atoms with E-state index in [2.05, 4.69) is 36.5 Å². The molecule has 4 rings (SSSR count). The van der Waals surface area contributed by atoms with Crippen molar-refractivity contribution in [1.82, 2.24) is 10.2 Å². The fourth-order valence-corrected chi connectivity index (χ4v) is 4.55. The molecule has 0 aromatic heterocycles. The lowest BCUT2D eigenvalue weighted by Crippen LogP contribution is -2.43. The zero-order valence-electron chi connectivity index (χ0n) is 15.1. The van der Waals surface area contributed by atoms with Crippen LogP contribution in [0.25, 0.3) is 0 Å². The molecule has 3 fully saturated rings. The molecule has 1 aliphatic heterocycles. The van der Waals surface area contributed by atoms with Crippen molar-refractivity contribution in [3.8, 4) is 0 Å². The van der Waals surface area contributed by atoms with E-state index in [1.54, 1.807) is 0 Å². The second-order valence-corrected chi connectivity index (χ2v) is 8.32. The number of nitrogens with one attached hydrogen (secondary N) is 1. The van der Waals surface area contributed by atoms with E-state index in [1.165, 1.54) is 24.0 Å². The maximum absolute atomic E-state index is 12.8. The number of carbonyl (C=O) groups excluding carboxylic acids is 2. The van der Waals surface area contributed by atoms with Gasteiger partial charge in [0.25, 0.3) is 0 Å². The first-order chi connectivity index (χ1) is 12.0. The van der Waals surface area contributed by atoms with E-state index in [1.807, 2.05) is 4.90 Å². The molecule has 2 saturated carbocycles. The van der Waals surface area contributed by atoms with Crippen LogP contribution in [0.4, 0.5) is 0 Å². The highest BCUT2D eigenvalue weighted by Gasteiger charge is 2.46. The summed E-state index contributed by atoms with van der Waals surface area (Å²) in [6.45, 7) is 2.72. The van der Waals surface area contributed by atoms with E-state index in [9.17, 15) is 9.59 Å². The predicted octanol–water partition coefficient (Wildman–Crippen LogP) is 2.98. The molecule has 1 aromatic carbocycles. The fraction of sp³-hybridized carbons (Fsp3) is 0.619. The van der Waals surface area contributed by atoms with Gasteiger partial charge in [-0.05, 0) is 44.6 Å². The summed E-state index contributed by atoms with van der Waals surface area (Å²) in [5, 5.41) is 3.29. The Kier molecular flexibility index (Phi) is 4.30. The number of carbonyl (C=O) groups is 2. The number of aryl methyl sites for hydroxylation is 1. The van der Waals surface area contributed by atoms with Gasteiger partial charge in [0.05, 0.1) is 5.92 Å². The van der Waals surface area contributed by atoms with E-state index >= 15 is 0 Å². The van der Waals surface area contributed by atoms with Crippen LogP contribution in [-0.2, 0) is 16.0 Å². The van der Waals surface area contributed by atoms with Gasteiger partial charge in [0.2, 0.25) is 11.8 Å². The van der Waals surface area contributed by atoms with Gasteiger partial charge in [-0.2, -0.15) is 0 Å². The number of amides is 2. The molecule has 4 heteroatoms. The first kappa shape index (κ1) is 16.6. The van der Waals surface area contributed by atoms with Gasteiger partial charge < -0.3 is 10.2 Å². The fourth-order valence-electron chi connectivity index (χ4n) is 4.55. The van der Waals surface area contributed by atoms with Crippen molar-refractivity contribution in [3.05, 3.63) is 35.4 Å². The van der Waals surface area contributed by atoms with Crippen LogP contribution in [0.2, 0.25) is 0 Å². The third kappa shape index (κ3) is 3.58. The predicted molar refractivity (Wildman–Crippen MR) is 97.1 cm³/mol. The molecular formula is C21H28N2O2. The van der Waals surface area contributed by atoms with E-state index < -0.39 is 0 Å². The number of likely N-dealkylation sites (tertiary alicyclic amines) is 1. The van der Waals surface area contributed by atoms with Crippen molar-refractivity contribution in [2.24, 2.45) is 5.92 Å². The van der Waals surface area contributed by atoms with Crippen molar-refractivity contribution in [3.63, 3.8) is 0 Å². The SMILES string of the molecule is Cc1cccc(CC2(NC(=O)C3CC(=O)N(C4CCCC4)C3)CC2)c1. The van der Waals surface area contributed by atoms with Gasteiger partial charge in [0, 0.05) is 24.5 Å². The summed E-state index contributed by atoms with van der Waals surface area (Å²) in [4.78, 5) is 27.1. The summed E-state index contributed by atoms with van der Waals surface area (Å²) in [7, 11) is 0. The third-order valence-electron chi connectivity index (χ3n) is 6.16. The summed E-state index contributed by atoms with van der Waals surface area (Å²) >= 11 is 0. The highest BCUT2D eigenvalue weighted by molar-refractivity contribution is 5.90. The average molecular weight is 340 g/mol. The lowest BCUT2D eigenvalue weighted by molar-refractivity contribution is -0.130. The molecule has 134 valence electrons. The minimum absolute atomic E-state index is 0.0747. The summed E-state index contributed by atoms with van der Waals surface area (Å²) in [5.74, 6) is 0.0951. The van der Waals surface area contributed by atoms with Crippen LogP contribution >= 0.6 is 0 Å². The number of benzene rings is 1. The van der Waals surface area contributed by atoms with Gasteiger partial charge in [-0.3, -0.25) is 9.59 Å². The first-order valence-electron chi connectivity index (χ1n) is 9.72. The molecular weight excluding hydrogens is 312 g/mol. The quantitative estimate of drug-likeness (QED) is 0.896. The van der Waals surface area contributed by atoms with Crippen LogP contribution in [0, 0.1) is 12.8 Å². The minimum Gasteiger partial charge on any atom is -0.350 e. The first-order valence-corrected chi connectivity index (χ1v) is 9.72. The summed E-state index contributed by atoms with van der Waals surface area (Å²) in [6, 6.07) is 8.90. The smallest absolute Gasteiger partial charge is 0.225 e. The van der Waals surface area contributed by atoms with Gasteiger partial charge in [-0.25, -0.2) is 0 Å². The molecule has 1 saturated heterocycles. The number of nitrogens with zero attached hydrogens (tertiary/aromatic N) is 1. The van der Waals surface area contributed by atoms with E-state index in [0.717, 1.165) is 32.1 Å². The summed E-state index contributed by atoms with van der Waals surface area (Å²) < 4.78 is 0. The van der Waals surface area contributed by atoms with Crippen molar-refractivity contribution in [2.45, 2.75) is 69.9 Å². The van der Waals surface area contributed by atoms with Gasteiger partial charge in [-0.1, -0.05) is 42.7 Å². The summed E-state index contributed by atoms with van der Waals surface area (Å²) in [6.07, 6.45) is 8.01. The molecule has 1 unspecified atom stereocenters. The Morgan fingerprint density at radius 1 is 1.28 bits per heavy atom. The molecule has 1 atom stereocenters. The van der Waals surface area contributed by atoms with Crippen molar-refractivity contribution in [1.29, 1.82) is 0 Å².